The maximum atomic E-state index is 15.9. The van der Waals surface area contributed by atoms with E-state index in [2.05, 4.69) is 125 Å². The SMILES string of the molecule is CC(C)c1ccc(-c2cc(P(=O)(c3ccccc3)c3ccccc3)cc3c2-c2cc4c5ccccc5c5ccccc5c4cc2C3(C)C)cc1. The van der Waals surface area contributed by atoms with Gasteiger partial charge in [0.05, 0.1) is 0 Å². The van der Waals surface area contributed by atoms with Crippen molar-refractivity contribution in [3.8, 4) is 22.3 Å². The number of fused-ring (bicyclic) bond motifs is 9. The van der Waals surface area contributed by atoms with E-state index in [1.165, 1.54) is 60.1 Å². The fourth-order valence-electron chi connectivity index (χ4n) is 8.41. The summed E-state index contributed by atoms with van der Waals surface area (Å²) in [7, 11) is -3.24. The van der Waals surface area contributed by atoms with E-state index in [9.17, 15) is 0 Å². The Kier molecular flexibility index (Phi) is 7.03. The van der Waals surface area contributed by atoms with Crippen LogP contribution in [0.1, 0.15) is 50.3 Å². The lowest BCUT2D eigenvalue weighted by Gasteiger charge is -2.26. The van der Waals surface area contributed by atoms with Crippen LogP contribution in [0.2, 0.25) is 0 Å². The van der Waals surface area contributed by atoms with Gasteiger partial charge >= 0.3 is 0 Å². The van der Waals surface area contributed by atoms with Crippen molar-refractivity contribution in [3.63, 3.8) is 0 Å². The van der Waals surface area contributed by atoms with Crippen molar-refractivity contribution in [2.24, 2.45) is 0 Å². The highest BCUT2D eigenvalue weighted by Crippen LogP contribution is 2.56. The molecule has 0 aromatic heterocycles. The third-order valence-electron chi connectivity index (χ3n) is 11.1. The van der Waals surface area contributed by atoms with Gasteiger partial charge in [-0.25, -0.2) is 0 Å². The Bertz CT molecular complexity index is 2610. The zero-order chi connectivity index (χ0) is 34.2. The van der Waals surface area contributed by atoms with Crippen molar-refractivity contribution in [2.45, 2.75) is 39.0 Å². The first-order chi connectivity index (χ1) is 24.3. The highest BCUT2D eigenvalue weighted by atomic mass is 31.2. The highest BCUT2D eigenvalue weighted by molar-refractivity contribution is 7.85. The molecule has 1 nitrogen and oxygen atoms in total. The van der Waals surface area contributed by atoms with Gasteiger partial charge in [-0.2, -0.15) is 0 Å². The number of benzene rings is 8. The van der Waals surface area contributed by atoms with Crippen molar-refractivity contribution in [3.05, 3.63) is 174 Å². The van der Waals surface area contributed by atoms with Crippen LogP contribution in [0.15, 0.2) is 158 Å². The van der Waals surface area contributed by atoms with Gasteiger partial charge in [-0.1, -0.05) is 161 Å². The van der Waals surface area contributed by atoms with E-state index in [1.54, 1.807) is 0 Å². The Morgan fingerprint density at radius 3 is 1.46 bits per heavy atom. The lowest BCUT2D eigenvalue weighted by molar-refractivity contribution is 0.592. The largest absolute Gasteiger partial charge is 0.309 e. The molecule has 0 heterocycles. The minimum atomic E-state index is -3.24. The summed E-state index contributed by atoms with van der Waals surface area (Å²) < 4.78 is 15.9. The van der Waals surface area contributed by atoms with Crippen molar-refractivity contribution >= 4 is 55.4 Å². The van der Waals surface area contributed by atoms with Gasteiger partial charge in [-0.3, -0.25) is 0 Å². The summed E-state index contributed by atoms with van der Waals surface area (Å²) in [6, 6.07) is 56.2. The van der Waals surface area contributed by atoms with E-state index >= 15 is 4.57 Å². The zero-order valence-electron chi connectivity index (χ0n) is 28.9. The Balaban J connectivity index is 1.40. The topological polar surface area (TPSA) is 17.1 Å². The third kappa shape index (κ3) is 4.50. The van der Waals surface area contributed by atoms with E-state index in [-0.39, 0.29) is 5.41 Å². The summed E-state index contributed by atoms with van der Waals surface area (Å²) in [5.41, 5.74) is 8.32. The molecule has 0 fully saturated rings. The predicted octanol–water partition coefficient (Wildman–Crippen LogP) is 11.9. The summed E-state index contributed by atoms with van der Waals surface area (Å²) >= 11 is 0. The van der Waals surface area contributed by atoms with Crippen LogP contribution < -0.4 is 15.9 Å². The maximum Gasteiger partial charge on any atom is 0.171 e. The van der Waals surface area contributed by atoms with Gasteiger partial charge in [0.15, 0.2) is 7.14 Å². The first-order valence-electron chi connectivity index (χ1n) is 17.7. The summed E-state index contributed by atoms with van der Waals surface area (Å²) in [6.45, 7) is 9.17. The van der Waals surface area contributed by atoms with E-state index in [4.69, 9.17) is 0 Å². The smallest absolute Gasteiger partial charge is 0.171 e. The summed E-state index contributed by atoms with van der Waals surface area (Å²) in [6.07, 6.45) is 0. The van der Waals surface area contributed by atoms with Crippen LogP contribution in [0.4, 0.5) is 0 Å². The van der Waals surface area contributed by atoms with Crippen molar-refractivity contribution in [2.75, 3.05) is 0 Å². The molecule has 1 aliphatic rings. The van der Waals surface area contributed by atoms with Crippen LogP contribution in [-0.2, 0) is 9.98 Å². The van der Waals surface area contributed by atoms with Gasteiger partial charge in [0.25, 0.3) is 0 Å². The van der Waals surface area contributed by atoms with Gasteiger partial charge < -0.3 is 4.57 Å². The molecule has 50 heavy (non-hydrogen) atoms. The Morgan fingerprint density at radius 1 is 0.460 bits per heavy atom. The second kappa shape index (κ2) is 11.4. The van der Waals surface area contributed by atoms with Gasteiger partial charge in [-0.05, 0) is 101 Å². The van der Waals surface area contributed by atoms with Gasteiger partial charge in [0, 0.05) is 21.3 Å². The van der Waals surface area contributed by atoms with Crippen LogP contribution in [-0.4, -0.2) is 0 Å². The average Bonchev–Trinajstić information content (AvgIpc) is 3.39. The van der Waals surface area contributed by atoms with E-state index in [0.717, 1.165) is 27.0 Å². The fourth-order valence-corrected chi connectivity index (χ4v) is 11.1. The Morgan fingerprint density at radius 2 is 0.940 bits per heavy atom. The zero-order valence-corrected chi connectivity index (χ0v) is 29.8. The molecule has 8 aromatic rings. The summed E-state index contributed by atoms with van der Waals surface area (Å²) in [5.74, 6) is 0.437. The minimum absolute atomic E-state index is 0.327. The first-order valence-corrected chi connectivity index (χ1v) is 19.4. The molecule has 2 heteroatoms. The Labute approximate surface area is 294 Å². The normalized spacial score (nSPS) is 13.6. The van der Waals surface area contributed by atoms with Gasteiger partial charge in [0.1, 0.15) is 0 Å². The highest BCUT2D eigenvalue weighted by Gasteiger charge is 2.40. The Hall–Kier alpha value is -5.23. The lowest BCUT2D eigenvalue weighted by Crippen LogP contribution is -2.27. The molecule has 242 valence electrons. The summed E-state index contributed by atoms with van der Waals surface area (Å²) in [5, 5.41) is 10.2. The first kappa shape index (κ1) is 30.8. The molecular weight excluding hydrogens is 624 g/mol. The predicted molar refractivity (Wildman–Crippen MR) is 215 cm³/mol. The number of hydrogen-bond acceptors (Lipinski definition) is 1. The molecule has 0 aliphatic heterocycles. The van der Waals surface area contributed by atoms with Gasteiger partial charge in [-0.15, -0.1) is 0 Å². The molecule has 0 unspecified atom stereocenters. The van der Waals surface area contributed by atoms with Crippen LogP contribution in [0.5, 0.6) is 0 Å². The van der Waals surface area contributed by atoms with Crippen LogP contribution in [0.25, 0.3) is 54.6 Å². The monoisotopic (exact) mass is 662 g/mol. The van der Waals surface area contributed by atoms with Crippen LogP contribution >= 0.6 is 7.14 Å². The molecule has 8 aromatic carbocycles. The van der Waals surface area contributed by atoms with E-state index < -0.39 is 7.14 Å². The van der Waals surface area contributed by atoms with Crippen LogP contribution in [0, 0.1) is 0 Å². The fraction of sp³-hybridized carbons (Fsp3) is 0.125. The van der Waals surface area contributed by atoms with Gasteiger partial charge in [0.2, 0.25) is 0 Å². The van der Waals surface area contributed by atoms with E-state index in [1.807, 2.05) is 60.7 Å². The minimum Gasteiger partial charge on any atom is -0.309 e. The second-order valence-corrected chi connectivity index (χ2v) is 17.4. The maximum absolute atomic E-state index is 15.9. The standard InChI is InChI=1S/C48H39OP/c1-31(2)32-23-25-33(26-24-32)41-27-36(50(49,34-15-7-5-8-16-34)35-17-9-6-10-18-35)28-46-47(41)44-29-42-39-21-13-11-19-37(39)38-20-12-14-22-40(38)43(42)30-45(44)48(46,3)4/h5-31H,1-4H3. The van der Waals surface area contributed by atoms with Crippen molar-refractivity contribution in [1.29, 1.82) is 0 Å². The lowest BCUT2D eigenvalue weighted by atomic mass is 9.81. The van der Waals surface area contributed by atoms with Crippen molar-refractivity contribution < 1.29 is 4.57 Å². The quantitative estimate of drug-likeness (QED) is 0.132. The number of hydrogen-bond donors (Lipinski definition) is 0. The molecule has 0 saturated heterocycles. The molecule has 0 N–H and O–H groups in total. The molecule has 0 amide bonds. The molecular formula is C48H39OP. The van der Waals surface area contributed by atoms with Crippen molar-refractivity contribution in [1.82, 2.24) is 0 Å². The molecule has 0 spiro atoms. The molecule has 0 atom stereocenters. The third-order valence-corrected chi connectivity index (χ3v) is 14.1. The molecule has 9 rings (SSSR count). The molecule has 1 aliphatic carbocycles. The molecule has 0 bridgehead atoms. The number of rotatable bonds is 5. The second-order valence-electron chi connectivity index (χ2n) is 14.6. The average molecular weight is 663 g/mol. The van der Waals surface area contributed by atoms with Crippen LogP contribution in [0.3, 0.4) is 0 Å². The molecule has 0 saturated carbocycles. The molecule has 0 radical (unpaired) electrons. The van der Waals surface area contributed by atoms with E-state index in [0.29, 0.717) is 5.92 Å². The summed E-state index contributed by atoms with van der Waals surface area (Å²) in [4.78, 5) is 0.